The van der Waals surface area contributed by atoms with Gasteiger partial charge < -0.3 is 9.52 Å². The van der Waals surface area contributed by atoms with Crippen LogP contribution in [0.2, 0.25) is 0 Å². The zero-order chi connectivity index (χ0) is 26.0. The monoisotopic (exact) mass is 492 g/mol. The Kier molecular flexibility index (Phi) is 4.89. The third-order valence-corrected chi connectivity index (χ3v) is 7.52. The van der Waals surface area contributed by atoms with Crippen LogP contribution in [0.1, 0.15) is 19.4 Å². The molecule has 6 aromatic carbocycles. The van der Waals surface area contributed by atoms with E-state index in [0.29, 0.717) is 5.57 Å². The predicted molar refractivity (Wildman–Crippen MR) is 158 cm³/mol. The Morgan fingerprint density at radius 2 is 1.16 bits per heavy atom. The molecule has 3 nitrogen and oxygen atoms in total. The van der Waals surface area contributed by atoms with Gasteiger partial charge in [-0.3, -0.25) is 4.79 Å². The van der Waals surface area contributed by atoms with Crippen LogP contribution in [-0.4, -0.2) is 10.9 Å². The van der Waals surface area contributed by atoms with Crippen LogP contribution in [0, 0.1) is 0 Å². The van der Waals surface area contributed by atoms with E-state index in [0.717, 1.165) is 65.6 Å². The first-order valence-corrected chi connectivity index (χ1v) is 12.7. The molecule has 0 bridgehead atoms. The summed E-state index contributed by atoms with van der Waals surface area (Å²) in [5, 5.41) is 19.0. The van der Waals surface area contributed by atoms with Crippen molar-refractivity contribution in [2.45, 2.75) is 13.8 Å². The lowest BCUT2D eigenvalue weighted by atomic mass is 9.84. The van der Waals surface area contributed by atoms with Crippen LogP contribution in [0.25, 0.3) is 71.0 Å². The number of ketones is 1. The average molecular weight is 493 g/mol. The molecule has 3 heteroatoms. The van der Waals surface area contributed by atoms with Crippen molar-refractivity contribution in [1.82, 2.24) is 0 Å². The number of furan rings is 1. The lowest BCUT2D eigenvalue weighted by molar-refractivity contribution is -0.111. The molecule has 0 aliphatic rings. The Labute approximate surface area is 219 Å². The highest BCUT2D eigenvalue weighted by Gasteiger charge is 2.22. The normalized spacial score (nSPS) is 12.6. The summed E-state index contributed by atoms with van der Waals surface area (Å²) in [5.41, 5.74) is 5.01. The van der Waals surface area contributed by atoms with Crippen LogP contribution in [0.15, 0.2) is 113 Å². The molecule has 0 atom stereocenters. The molecule has 0 spiro atoms. The summed E-state index contributed by atoms with van der Waals surface area (Å²) in [4.78, 5) is 12.7. The highest BCUT2D eigenvalue weighted by molar-refractivity contribution is 6.30. The fourth-order valence-electron chi connectivity index (χ4n) is 5.94. The van der Waals surface area contributed by atoms with E-state index >= 15 is 0 Å². The van der Waals surface area contributed by atoms with E-state index in [1.165, 1.54) is 12.3 Å². The molecular formula is C35H24O3. The van der Waals surface area contributed by atoms with Gasteiger partial charge in [-0.1, -0.05) is 78.9 Å². The number of rotatable bonds is 3. The molecule has 0 saturated carbocycles. The number of carbonyl (C=O) groups is 1. The molecule has 1 N–H and O–H groups in total. The number of carbonyl (C=O) groups excluding carboxylic acids is 1. The number of aliphatic hydroxyl groups is 1. The molecule has 38 heavy (non-hydrogen) atoms. The minimum Gasteiger partial charge on any atom is -0.512 e. The Morgan fingerprint density at radius 1 is 0.605 bits per heavy atom. The van der Waals surface area contributed by atoms with Crippen molar-refractivity contribution in [3.05, 3.63) is 114 Å². The van der Waals surface area contributed by atoms with Crippen LogP contribution < -0.4 is 0 Å². The van der Waals surface area contributed by atoms with Crippen LogP contribution in [0.3, 0.4) is 0 Å². The van der Waals surface area contributed by atoms with Gasteiger partial charge in [-0.2, -0.15) is 0 Å². The van der Waals surface area contributed by atoms with Crippen molar-refractivity contribution < 1.29 is 14.3 Å². The van der Waals surface area contributed by atoms with Gasteiger partial charge in [0.25, 0.3) is 0 Å². The molecule has 182 valence electrons. The Hall–Kier alpha value is -4.89. The highest BCUT2D eigenvalue weighted by atomic mass is 16.3. The summed E-state index contributed by atoms with van der Waals surface area (Å²) < 4.78 is 6.26. The van der Waals surface area contributed by atoms with Crippen molar-refractivity contribution in [1.29, 1.82) is 0 Å². The molecule has 0 amide bonds. The largest absolute Gasteiger partial charge is 0.512 e. The number of allylic oxidation sites excluding steroid dienone is 2. The summed E-state index contributed by atoms with van der Waals surface area (Å²) in [6.07, 6.45) is 0. The van der Waals surface area contributed by atoms with Crippen LogP contribution >= 0.6 is 0 Å². The van der Waals surface area contributed by atoms with E-state index in [1.54, 1.807) is 6.92 Å². The Bertz CT molecular complexity index is 2060. The van der Waals surface area contributed by atoms with Gasteiger partial charge >= 0.3 is 0 Å². The lowest BCUT2D eigenvalue weighted by Crippen LogP contribution is -2.02. The number of aliphatic hydroxyl groups excluding tert-OH is 1. The molecule has 0 saturated heterocycles. The third-order valence-electron chi connectivity index (χ3n) is 7.52. The van der Waals surface area contributed by atoms with Crippen molar-refractivity contribution in [3.8, 4) is 11.1 Å². The fourth-order valence-corrected chi connectivity index (χ4v) is 5.94. The lowest BCUT2D eigenvalue weighted by Gasteiger charge is -2.18. The summed E-state index contributed by atoms with van der Waals surface area (Å²) in [7, 11) is 0. The Balaban J connectivity index is 1.60. The van der Waals surface area contributed by atoms with E-state index in [2.05, 4.69) is 54.6 Å². The molecule has 1 aromatic heterocycles. The first-order valence-electron chi connectivity index (χ1n) is 12.7. The topological polar surface area (TPSA) is 50.4 Å². The van der Waals surface area contributed by atoms with Gasteiger partial charge in [0.1, 0.15) is 16.9 Å². The number of fused-ring (bicyclic) bond motifs is 6. The standard InChI is InChI=1S/C35H24O3/c1-20(36)33(21(2)37)35-27-13-7-5-11-25(27)34(26-12-6-8-14-28(26)35)24-15-16-31-29(18-24)30-17-22-9-3-4-10-23(22)19-32(30)38-31/h3-19,36H,1-2H3/b33-20+. The van der Waals surface area contributed by atoms with Gasteiger partial charge in [-0.05, 0) is 81.6 Å². The van der Waals surface area contributed by atoms with Gasteiger partial charge in [0.15, 0.2) is 5.78 Å². The van der Waals surface area contributed by atoms with Crippen LogP contribution in [-0.2, 0) is 4.79 Å². The SMILES string of the molecule is CC(=O)/C(=C(/C)O)c1c2ccccc2c(-c2ccc3oc4cc5ccccc5cc4c3c2)c2ccccc12. The maximum atomic E-state index is 12.7. The van der Waals surface area contributed by atoms with E-state index in [9.17, 15) is 9.90 Å². The number of hydrogen-bond donors (Lipinski definition) is 1. The number of Topliss-reactive ketones (excluding diaryl/α,β-unsaturated/α-hetero) is 1. The maximum Gasteiger partial charge on any atom is 0.163 e. The second-order valence-electron chi connectivity index (χ2n) is 9.87. The van der Waals surface area contributed by atoms with Gasteiger partial charge in [0, 0.05) is 16.3 Å². The quantitative estimate of drug-likeness (QED) is 0.152. The van der Waals surface area contributed by atoms with Gasteiger partial charge in [0.05, 0.1) is 5.57 Å². The van der Waals surface area contributed by atoms with E-state index in [-0.39, 0.29) is 11.5 Å². The average Bonchev–Trinajstić information content (AvgIpc) is 3.28. The molecular weight excluding hydrogens is 468 g/mol. The summed E-state index contributed by atoms with van der Waals surface area (Å²) in [5.74, 6) is -0.134. The van der Waals surface area contributed by atoms with E-state index in [1.807, 2.05) is 48.5 Å². The highest BCUT2D eigenvalue weighted by Crippen LogP contribution is 2.44. The second-order valence-corrected chi connectivity index (χ2v) is 9.87. The molecule has 0 fully saturated rings. The second kappa shape index (κ2) is 8.32. The first-order chi connectivity index (χ1) is 18.5. The van der Waals surface area contributed by atoms with Crippen LogP contribution in [0.4, 0.5) is 0 Å². The van der Waals surface area contributed by atoms with Crippen LogP contribution in [0.5, 0.6) is 0 Å². The summed E-state index contributed by atoms with van der Waals surface area (Å²) in [6, 6.07) is 35.2. The number of benzene rings is 6. The minimum absolute atomic E-state index is 0.0269. The van der Waals surface area contributed by atoms with Crippen molar-refractivity contribution in [2.24, 2.45) is 0 Å². The minimum atomic E-state index is -0.161. The fraction of sp³-hybridized carbons (Fsp3) is 0.0571. The molecule has 0 aliphatic carbocycles. The maximum absolute atomic E-state index is 12.7. The van der Waals surface area contributed by atoms with Gasteiger partial charge in [-0.25, -0.2) is 0 Å². The van der Waals surface area contributed by atoms with Crippen molar-refractivity contribution in [3.63, 3.8) is 0 Å². The Morgan fingerprint density at radius 3 is 1.76 bits per heavy atom. The molecule has 7 aromatic rings. The molecule has 0 unspecified atom stereocenters. The molecule has 1 heterocycles. The van der Waals surface area contributed by atoms with Crippen molar-refractivity contribution in [2.75, 3.05) is 0 Å². The van der Waals surface area contributed by atoms with Gasteiger partial charge in [0.2, 0.25) is 0 Å². The predicted octanol–water partition coefficient (Wildman–Crippen LogP) is 9.59. The number of hydrogen-bond acceptors (Lipinski definition) is 3. The smallest absolute Gasteiger partial charge is 0.163 e. The summed E-state index contributed by atoms with van der Waals surface area (Å²) in [6.45, 7) is 3.09. The molecule has 0 radical (unpaired) electrons. The first kappa shape index (κ1) is 22.3. The van der Waals surface area contributed by atoms with Crippen molar-refractivity contribution >= 4 is 65.6 Å². The zero-order valence-electron chi connectivity index (χ0n) is 21.1. The molecule has 7 rings (SSSR count). The molecule has 0 aliphatic heterocycles. The third kappa shape index (κ3) is 3.25. The van der Waals surface area contributed by atoms with Gasteiger partial charge in [-0.15, -0.1) is 0 Å². The van der Waals surface area contributed by atoms with E-state index in [4.69, 9.17) is 4.42 Å². The van der Waals surface area contributed by atoms with E-state index < -0.39 is 0 Å². The summed E-state index contributed by atoms with van der Waals surface area (Å²) >= 11 is 0. The zero-order valence-corrected chi connectivity index (χ0v) is 21.1.